The van der Waals surface area contributed by atoms with Crippen LogP contribution in [0.4, 0.5) is 0 Å². The lowest BCUT2D eigenvalue weighted by molar-refractivity contribution is 0.0299. The van der Waals surface area contributed by atoms with Gasteiger partial charge in [-0.3, -0.25) is 4.79 Å². The maximum Gasteiger partial charge on any atom is 0.255 e. The molecule has 1 aliphatic rings. The number of benzene rings is 1. The summed E-state index contributed by atoms with van der Waals surface area (Å²) in [7, 11) is 0. The molecule has 0 spiro atoms. The molecule has 0 aliphatic carbocycles. The number of rotatable bonds is 3. The Morgan fingerprint density at radius 1 is 1.25 bits per heavy atom. The van der Waals surface area contributed by atoms with Crippen molar-refractivity contribution in [2.24, 2.45) is 5.73 Å². The Kier molecular flexibility index (Phi) is 3.67. The molecular weight excluding hydrogens is 252 g/mol. The fraction of sp³-hybridized carbons (Fsp3) is 0.312. The highest BCUT2D eigenvalue weighted by Gasteiger charge is 2.21. The minimum atomic E-state index is -0.0642. The predicted molar refractivity (Wildman–Crippen MR) is 77.4 cm³/mol. The van der Waals surface area contributed by atoms with Crippen molar-refractivity contribution >= 4 is 0 Å². The zero-order valence-corrected chi connectivity index (χ0v) is 11.3. The Balaban J connectivity index is 1.92. The van der Waals surface area contributed by atoms with Crippen molar-refractivity contribution in [2.75, 3.05) is 6.61 Å². The minimum Gasteiger partial charge on any atom is -0.371 e. The molecule has 0 radical (unpaired) electrons. The molecule has 1 aliphatic heterocycles. The van der Waals surface area contributed by atoms with Gasteiger partial charge in [0.05, 0.1) is 13.2 Å². The summed E-state index contributed by atoms with van der Waals surface area (Å²) in [6.07, 6.45) is 2.66. The number of pyridine rings is 1. The third kappa shape index (κ3) is 2.40. The molecule has 2 aromatic rings. The summed E-state index contributed by atoms with van der Waals surface area (Å²) in [5.41, 5.74) is 8.69. The van der Waals surface area contributed by atoms with Gasteiger partial charge in [-0.15, -0.1) is 0 Å². The van der Waals surface area contributed by atoms with Crippen LogP contribution in [0.2, 0.25) is 0 Å². The van der Waals surface area contributed by atoms with E-state index in [9.17, 15) is 4.79 Å². The van der Waals surface area contributed by atoms with Gasteiger partial charge in [-0.05, 0) is 23.6 Å². The van der Waals surface area contributed by atoms with E-state index in [1.54, 1.807) is 16.8 Å². The van der Waals surface area contributed by atoms with Crippen molar-refractivity contribution in [1.29, 1.82) is 0 Å². The van der Waals surface area contributed by atoms with E-state index in [1.165, 1.54) is 11.1 Å². The number of ether oxygens (including phenoxy) is 1. The summed E-state index contributed by atoms with van der Waals surface area (Å²) < 4.78 is 7.54. The molecule has 0 saturated heterocycles. The highest BCUT2D eigenvalue weighted by Crippen LogP contribution is 2.27. The molecule has 1 aromatic carbocycles. The summed E-state index contributed by atoms with van der Waals surface area (Å²) in [4.78, 5) is 12.2. The van der Waals surface area contributed by atoms with Gasteiger partial charge in [0.1, 0.15) is 6.10 Å². The maximum absolute atomic E-state index is 12.2. The second-order valence-electron chi connectivity index (χ2n) is 5.00. The second-order valence-corrected chi connectivity index (χ2v) is 5.00. The van der Waals surface area contributed by atoms with Crippen LogP contribution in [0.5, 0.6) is 0 Å². The molecule has 0 saturated carbocycles. The second kappa shape index (κ2) is 5.61. The standard InChI is InChI=1S/C16H18N2O2/c17-10-13-5-3-8-18(16(13)19)11-15-14-6-2-1-4-12(14)7-9-20-15/h1-6,8,15H,7,9-11,17H2. The van der Waals surface area contributed by atoms with Crippen LogP contribution >= 0.6 is 0 Å². The summed E-state index contributed by atoms with van der Waals surface area (Å²) in [6.45, 7) is 1.50. The van der Waals surface area contributed by atoms with Crippen molar-refractivity contribution < 1.29 is 4.74 Å². The molecule has 2 N–H and O–H groups in total. The van der Waals surface area contributed by atoms with Crippen molar-refractivity contribution in [1.82, 2.24) is 4.57 Å². The Hall–Kier alpha value is -1.91. The van der Waals surface area contributed by atoms with Crippen molar-refractivity contribution in [2.45, 2.75) is 25.6 Å². The maximum atomic E-state index is 12.2. The van der Waals surface area contributed by atoms with E-state index < -0.39 is 0 Å². The van der Waals surface area contributed by atoms with Crippen molar-refractivity contribution in [3.05, 3.63) is 69.6 Å². The molecule has 0 fully saturated rings. The normalized spacial score (nSPS) is 17.8. The molecule has 3 rings (SSSR count). The lowest BCUT2D eigenvalue weighted by Crippen LogP contribution is -2.29. The average molecular weight is 270 g/mol. The van der Waals surface area contributed by atoms with Gasteiger partial charge >= 0.3 is 0 Å². The molecule has 104 valence electrons. The van der Waals surface area contributed by atoms with Gasteiger partial charge in [-0.25, -0.2) is 0 Å². The average Bonchev–Trinajstić information content (AvgIpc) is 2.50. The van der Waals surface area contributed by atoms with Gasteiger partial charge in [-0.1, -0.05) is 30.3 Å². The fourth-order valence-electron chi connectivity index (χ4n) is 2.69. The summed E-state index contributed by atoms with van der Waals surface area (Å²) in [6, 6.07) is 11.9. The van der Waals surface area contributed by atoms with E-state index in [2.05, 4.69) is 12.1 Å². The topological polar surface area (TPSA) is 57.2 Å². The van der Waals surface area contributed by atoms with E-state index in [0.29, 0.717) is 18.7 Å². The highest BCUT2D eigenvalue weighted by atomic mass is 16.5. The number of aromatic nitrogens is 1. The van der Waals surface area contributed by atoms with Gasteiger partial charge < -0.3 is 15.0 Å². The van der Waals surface area contributed by atoms with Crippen LogP contribution in [-0.4, -0.2) is 11.2 Å². The molecule has 1 aromatic heterocycles. The van der Waals surface area contributed by atoms with Gasteiger partial charge in [0.2, 0.25) is 0 Å². The third-order valence-corrected chi connectivity index (χ3v) is 3.77. The zero-order valence-electron chi connectivity index (χ0n) is 11.3. The van der Waals surface area contributed by atoms with Crippen LogP contribution in [0.1, 0.15) is 22.8 Å². The first-order valence-corrected chi connectivity index (χ1v) is 6.87. The van der Waals surface area contributed by atoms with Crippen LogP contribution < -0.4 is 11.3 Å². The number of hydrogen-bond acceptors (Lipinski definition) is 3. The van der Waals surface area contributed by atoms with E-state index in [-0.39, 0.29) is 18.2 Å². The minimum absolute atomic E-state index is 0.0262. The van der Waals surface area contributed by atoms with E-state index in [1.807, 2.05) is 18.2 Å². The van der Waals surface area contributed by atoms with Crippen molar-refractivity contribution in [3.8, 4) is 0 Å². The van der Waals surface area contributed by atoms with Gasteiger partial charge in [-0.2, -0.15) is 0 Å². The van der Waals surface area contributed by atoms with Gasteiger partial charge in [0, 0.05) is 18.3 Å². The van der Waals surface area contributed by atoms with Crippen LogP contribution in [0.3, 0.4) is 0 Å². The summed E-state index contributed by atoms with van der Waals surface area (Å²) in [5, 5.41) is 0. The number of nitrogens with two attached hydrogens (primary N) is 1. The Morgan fingerprint density at radius 3 is 2.95 bits per heavy atom. The Labute approximate surface area is 117 Å². The first-order valence-electron chi connectivity index (χ1n) is 6.87. The van der Waals surface area contributed by atoms with Crippen LogP contribution in [0.15, 0.2) is 47.4 Å². The van der Waals surface area contributed by atoms with Gasteiger partial charge in [0.15, 0.2) is 0 Å². The molecule has 0 bridgehead atoms. The van der Waals surface area contributed by atoms with Crippen LogP contribution in [-0.2, 0) is 24.2 Å². The number of nitrogens with zero attached hydrogens (tertiary/aromatic N) is 1. The molecule has 4 nitrogen and oxygen atoms in total. The molecule has 4 heteroatoms. The SMILES string of the molecule is NCc1cccn(CC2OCCc3ccccc32)c1=O. The molecule has 0 amide bonds. The zero-order chi connectivity index (χ0) is 13.9. The Morgan fingerprint density at radius 2 is 2.10 bits per heavy atom. The lowest BCUT2D eigenvalue weighted by atomic mass is 9.97. The largest absolute Gasteiger partial charge is 0.371 e. The fourth-order valence-corrected chi connectivity index (χ4v) is 2.69. The molecule has 2 heterocycles. The number of hydrogen-bond donors (Lipinski definition) is 1. The molecule has 1 atom stereocenters. The Bertz CT molecular complexity index is 664. The highest BCUT2D eigenvalue weighted by molar-refractivity contribution is 5.30. The lowest BCUT2D eigenvalue weighted by Gasteiger charge is -2.26. The molecule has 20 heavy (non-hydrogen) atoms. The number of fused-ring (bicyclic) bond motifs is 1. The smallest absolute Gasteiger partial charge is 0.255 e. The molecular formula is C16H18N2O2. The van der Waals surface area contributed by atoms with E-state index >= 15 is 0 Å². The van der Waals surface area contributed by atoms with E-state index in [0.717, 1.165) is 6.42 Å². The molecule has 1 unspecified atom stereocenters. The van der Waals surface area contributed by atoms with E-state index in [4.69, 9.17) is 10.5 Å². The van der Waals surface area contributed by atoms with Crippen LogP contribution in [0, 0.1) is 0 Å². The first-order chi connectivity index (χ1) is 9.79. The predicted octanol–water partition coefficient (Wildman–Crippen LogP) is 1.62. The summed E-state index contributed by atoms with van der Waals surface area (Å²) in [5.74, 6) is 0. The quantitative estimate of drug-likeness (QED) is 0.922. The van der Waals surface area contributed by atoms with Crippen molar-refractivity contribution in [3.63, 3.8) is 0 Å². The summed E-state index contributed by atoms with van der Waals surface area (Å²) >= 11 is 0. The van der Waals surface area contributed by atoms with Gasteiger partial charge in [0.25, 0.3) is 5.56 Å². The monoisotopic (exact) mass is 270 g/mol. The van der Waals surface area contributed by atoms with Crippen LogP contribution in [0.25, 0.3) is 0 Å². The third-order valence-electron chi connectivity index (χ3n) is 3.77. The first kappa shape index (κ1) is 13.1.